The number of nitrogens with zero attached hydrogens (tertiary/aromatic N) is 6. The maximum absolute atomic E-state index is 5.07. The van der Waals surface area contributed by atoms with Gasteiger partial charge in [-0.25, -0.2) is 15.0 Å². The van der Waals surface area contributed by atoms with Crippen LogP contribution in [0.2, 0.25) is 0 Å². The van der Waals surface area contributed by atoms with Crippen LogP contribution in [0.15, 0.2) is 78.3 Å². The van der Waals surface area contributed by atoms with E-state index in [-0.39, 0.29) is 6.04 Å². The number of rotatable bonds is 8. The molecule has 0 radical (unpaired) electrons. The van der Waals surface area contributed by atoms with Crippen molar-refractivity contribution in [3.8, 4) is 0 Å². The average molecular weight is 479 g/mol. The Morgan fingerprint density at radius 2 is 1.78 bits per heavy atom. The van der Waals surface area contributed by atoms with Crippen LogP contribution in [0.4, 0.5) is 11.5 Å². The van der Waals surface area contributed by atoms with Crippen molar-refractivity contribution < 1.29 is 0 Å². The molecule has 6 heteroatoms. The summed E-state index contributed by atoms with van der Waals surface area (Å²) in [6.07, 6.45) is 8.80. The van der Waals surface area contributed by atoms with Gasteiger partial charge in [-0.3, -0.25) is 0 Å². The molecule has 0 spiro atoms. The highest BCUT2D eigenvalue weighted by molar-refractivity contribution is 6.01. The van der Waals surface area contributed by atoms with Crippen molar-refractivity contribution in [2.45, 2.75) is 46.7 Å². The highest BCUT2D eigenvalue weighted by Gasteiger charge is 2.29. The van der Waals surface area contributed by atoms with Crippen molar-refractivity contribution in [3.63, 3.8) is 0 Å². The fourth-order valence-corrected chi connectivity index (χ4v) is 4.97. The SMILES string of the molecule is CCN(CC)c1ccc(C2CC(C=Cc3cncn3CC)=NN2c2cc(C)c3ccccc3n2)cc1. The number of imidazole rings is 1. The van der Waals surface area contributed by atoms with E-state index in [1.165, 1.54) is 22.2 Å². The standard InChI is InChI=1S/C30H34N6/c1-5-34(6-2)25-15-12-23(13-16-25)29-19-24(14-17-26-20-31-21-35(26)7-3)33-36(29)30-18-22(4)27-10-8-9-11-28(27)32-30/h8-18,20-21,29H,5-7,19H2,1-4H3. The molecule has 0 fully saturated rings. The third-order valence-electron chi connectivity index (χ3n) is 7.02. The molecule has 3 heterocycles. The second kappa shape index (κ2) is 10.4. The van der Waals surface area contributed by atoms with Crippen LogP contribution in [0.25, 0.3) is 17.0 Å². The number of fused-ring (bicyclic) bond motifs is 1. The van der Waals surface area contributed by atoms with Gasteiger partial charge >= 0.3 is 0 Å². The van der Waals surface area contributed by atoms with Crippen LogP contribution in [0.3, 0.4) is 0 Å². The van der Waals surface area contributed by atoms with Gasteiger partial charge in [0, 0.05) is 37.1 Å². The van der Waals surface area contributed by atoms with Crippen LogP contribution in [0, 0.1) is 6.92 Å². The van der Waals surface area contributed by atoms with Crippen molar-refractivity contribution in [3.05, 3.63) is 90.0 Å². The van der Waals surface area contributed by atoms with E-state index in [4.69, 9.17) is 10.1 Å². The van der Waals surface area contributed by atoms with Gasteiger partial charge in [-0.05, 0) is 75.2 Å². The van der Waals surface area contributed by atoms with Crippen LogP contribution in [0.1, 0.15) is 50.1 Å². The Morgan fingerprint density at radius 3 is 2.53 bits per heavy atom. The fraction of sp³-hybridized carbons (Fsp3) is 0.300. The topological polar surface area (TPSA) is 49.6 Å². The predicted octanol–water partition coefficient (Wildman–Crippen LogP) is 6.63. The first-order valence-corrected chi connectivity index (χ1v) is 12.9. The number of aromatic nitrogens is 3. The zero-order chi connectivity index (χ0) is 25.1. The number of allylic oxidation sites excluding steroid dienone is 1. The summed E-state index contributed by atoms with van der Waals surface area (Å²) in [5.41, 5.74) is 6.81. The molecule has 1 atom stereocenters. The Kier molecular flexibility index (Phi) is 6.85. The Labute approximate surface area is 213 Å². The second-order valence-corrected chi connectivity index (χ2v) is 9.17. The molecule has 0 aliphatic carbocycles. The third kappa shape index (κ3) is 4.63. The van der Waals surface area contributed by atoms with E-state index in [0.29, 0.717) is 0 Å². The molecule has 0 saturated carbocycles. The highest BCUT2D eigenvalue weighted by atomic mass is 15.5. The lowest BCUT2D eigenvalue weighted by Crippen LogP contribution is -2.22. The molecule has 0 N–H and O–H groups in total. The first-order valence-electron chi connectivity index (χ1n) is 12.9. The fourth-order valence-electron chi connectivity index (χ4n) is 4.97. The van der Waals surface area contributed by atoms with E-state index in [2.05, 4.69) is 108 Å². The molecule has 36 heavy (non-hydrogen) atoms. The molecule has 2 aromatic carbocycles. The number of hydrogen-bond donors (Lipinski definition) is 0. The first-order chi connectivity index (χ1) is 17.6. The molecule has 1 aliphatic heterocycles. The molecular weight excluding hydrogens is 444 g/mol. The summed E-state index contributed by atoms with van der Waals surface area (Å²) in [5, 5.41) is 8.35. The van der Waals surface area contributed by atoms with Crippen LogP contribution in [0.5, 0.6) is 0 Å². The summed E-state index contributed by atoms with van der Waals surface area (Å²) in [4.78, 5) is 11.7. The monoisotopic (exact) mass is 478 g/mol. The molecule has 0 saturated heterocycles. The number of pyridine rings is 1. The number of aryl methyl sites for hydroxylation is 2. The molecule has 4 aromatic rings. The molecule has 6 nitrogen and oxygen atoms in total. The van der Waals surface area contributed by atoms with E-state index < -0.39 is 0 Å². The van der Waals surface area contributed by atoms with Crippen molar-refractivity contribution in [1.82, 2.24) is 14.5 Å². The van der Waals surface area contributed by atoms with Crippen LogP contribution < -0.4 is 9.91 Å². The lowest BCUT2D eigenvalue weighted by Gasteiger charge is -2.25. The second-order valence-electron chi connectivity index (χ2n) is 9.17. The van der Waals surface area contributed by atoms with Crippen LogP contribution in [-0.4, -0.2) is 33.3 Å². The Hall–Kier alpha value is -3.93. The van der Waals surface area contributed by atoms with Gasteiger partial charge in [-0.1, -0.05) is 30.3 Å². The molecule has 5 rings (SSSR count). The van der Waals surface area contributed by atoms with Crippen molar-refractivity contribution in [2.24, 2.45) is 5.10 Å². The van der Waals surface area contributed by atoms with E-state index >= 15 is 0 Å². The molecule has 1 aliphatic rings. The van der Waals surface area contributed by atoms with Gasteiger partial charge in [0.15, 0.2) is 0 Å². The molecule has 2 aromatic heterocycles. The Bertz CT molecular complexity index is 1390. The summed E-state index contributed by atoms with van der Waals surface area (Å²) >= 11 is 0. The van der Waals surface area contributed by atoms with Crippen molar-refractivity contribution in [2.75, 3.05) is 23.0 Å². The smallest absolute Gasteiger partial charge is 0.150 e. The minimum atomic E-state index is 0.0829. The van der Waals surface area contributed by atoms with Gasteiger partial charge in [0.25, 0.3) is 0 Å². The molecule has 184 valence electrons. The number of para-hydroxylation sites is 1. The largest absolute Gasteiger partial charge is 0.372 e. The van der Waals surface area contributed by atoms with Gasteiger partial charge in [-0.15, -0.1) is 0 Å². The predicted molar refractivity (Wildman–Crippen MR) is 151 cm³/mol. The third-order valence-corrected chi connectivity index (χ3v) is 7.02. The number of benzene rings is 2. The molecule has 0 bridgehead atoms. The van der Waals surface area contributed by atoms with Crippen molar-refractivity contribution >= 4 is 34.2 Å². The molecule has 0 amide bonds. The summed E-state index contributed by atoms with van der Waals surface area (Å²) in [6, 6.07) is 19.5. The Balaban J connectivity index is 1.52. The van der Waals surface area contributed by atoms with Gasteiger partial charge in [0.2, 0.25) is 0 Å². The van der Waals surface area contributed by atoms with Gasteiger partial charge in [0.05, 0.1) is 35.5 Å². The molecule has 1 unspecified atom stereocenters. The summed E-state index contributed by atoms with van der Waals surface area (Å²) < 4.78 is 2.13. The van der Waals surface area contributed by atoms with Gasteiger partial charge in [-0.2, -0.15) is 5.10 Å². The first kappa shape index (κ1) is 23.8. The summed E-state index contributed by atoms with van der Waals surface area (Å²) in [7, 11) is 0. The lowest BCUT2D eigenvalue weighted by atomic mass is 10.0. The van der Waals surface area contributed by atoms with E-state index in [1.54, 1.807) is 0 Å². The Morgan fingerprint density at radius 1 is 1.00 bits per heavy atom. The van der Waals surface area contributed by atoms with E-state index in [0.717, 1.165) is 48.8 Å². The summed E-state index contributed by atoms with van der Waals surface area (Å²) in [5.74, 6) is 0.881. The van der Waals surface area contributed by atoms with E-state index in [9.17, 15) is 0 Å². The van der Waals surface area contributed by atoms with Crippen molar-refractivity contribution in [1.29, 1.82) is 0 Å². The van der Waals surface area contributed by atoms with Gasteiger partial charge < -0.3 is 9.47 Å². The number of anilines is 2. The van der Waals surface area contributed by atoms with E-state index in [1.807, 2.05) is 18.6 Å². The van der Waals surface area contributed by atoms with Crippen LogP contribution >= 0.6 is 0 Å². The maximum Gasteiger partial charge on any atom is 0.150 e. The minimum absolute atomic E-state index is 0.0829. The summed E-state index contributed by atoms with van der Waals surface area (Å²) in [6.45, 7) is 11.5. The lowest BCUT2D eigenvalue weighted by molar-refractivity contribution is 0.700. The zero-order valence-electron chi connectivity index (χ0n) is 21.6. The highest BCUT2D eigenvalue weighted by Crippen LogP contribution is 2.37. The minimum Gasteiger partial charge on any atom is -0.372 e. The van der Waals surface area contributed by atoms with Crippen LogP contribution in [-0.2, 0) is 6.54 Å². The number of hydrogen-bond acceptors (Lipinski definition) is 5. The number of hydrazone groups is 1. The quantitative estimate of drug-likeness (QED) is 0.285. The molecular formula is C30H34N6. The zero-order valence-corrected chi connectivity index (χ0v) is 21.6. The maximum atomic E-state index is 5.07. The normalized spacial score (nSPS) is 15.7. The average Bonchev–Trinajstić information content (AvgIpc) is 3.55. The van der Waals surface area contributed by atoms with Gasteiger partial charge in [0.1, 0.15) is 5.82 Å².